The van der Waals surface area contributed by atoms with Gasteiger partial charge < -0.3 is 13.8 Å². The maximum atomic E-state index is 12.3. The Bertz CT molecular complexity index is 654. The molecule has 0 saturated heterocycles. The Morgan fingerprint density at radius 1 is 1.17 bits per heavy atom. The van der Waals surface area contributed by atoms with Crippen LogP contribution in [0.3, 0.4) is 0 Å². The monoisotopic (exact) mass is 342 g/mol. The maximum Gasteiger partial charge on any atom is 0.364 e. The number of nitrogens with zero attached hydrogens (tertiary/aromatic N) is 2. The van der Waals surface area contributed by atoms with Gasteiger partial charge in [0, 0.05) is 18.8 Å². The van der Waals surface area contributed by atoms with E-state index in [1.807, 2.05) is 13.8 Å². The van der Waals surface area contributed by atoms with Crippen LogP contribution < -0.4 is 16.1 Å². The molecule has 0 amide bonds. The van der Waals surface area contributed by atoms with Gasteiger partial charge in [-0.2, -0.15) is 0 Å². The zero-order chi connectivity index (χ0) is 18.0. The largest absolute Gasteiger partial charge is 0.413 e. The second kappa shape index (κ2) is 7.05. The van der Waals surface area contributed by atoms with Crippen LogP contribution in [-0.2, 0) is 11.5 Å². The highest BCUT2D eigenvalue weighted by atomic mass is 28.4. The zero-order valence-corrected chi connectivity index (χ0v) is 16.6. The molecule has 0 spiro atoms. The van der Waals surface area contributed by atoms with E-state index in [-0.39, 0.29) is 17.6 Å². The third-order valence-corrected chi connectivity index (χ3v) is 8.97. The molecule has 7 heteroatoms. The van der Waals surface area contributed by atoms with Crippen LogP contribution in [-0.4, -0.2) is 30.8 Å². The lowest BCUT2D eigenvalue weighted by atomic mass is 10.1. The molecule has 0 fully saturated rings. The fourth-order valence-corrected chi connectivity index (χ4v) is 2.84. The van der Waals surface area contributed by atoms with E-state index in [1.165, 1.54) is 4.57 Å². The molecule has 0 bridgehead atoms. The van der Waals surface area contributed by atoms with Crippen molar-refractivity contribution in [3.8, 4) is 0 Å². The Kier molecular flexibility index (Phi) is 6.04. The third-order valence-electron chi connectivity index (χ3n) is 4.43. The Morgan fingerprint density at radius 2 is 1.74 bits per heavy atom. The minimum atomic E-state index is -1.86. The van der Waals surface area contributed by atoms with Crippen molar-refractivity contribution < 1.29 is 9.26 Å². The minimum Gasteiger partial charge on any atom is -0.413 e. The summed E-state index contributed by atoms with van der Waals surface area (Å²) in [6.45, 7) is 15.1. The first kappa shape index (κ1) is 19.7. The molecule has 0 unspecified atom stereocenters. The predicted octanol–water partition coefficient (Wildman–Crippen LogP) is 2.12. The molecular weight excluding hydrogens is 312 g/mol. The summed E-state index contributed by atoms with van der Waals surface area (Å²) >= 11 is 0. The summed E-state index contributed by atoms with van der Waals surface area (Å²) in [5.74, 6) is 0.0210. The Balaban J connectivity index is 2.84. The fourth-order valence-electron chi connectivity index (χ4n) is 1.82. The molecule has 1 aromatic rings. The lowest BCUT2D eigenvalue weighted by Crippen LogP contribution is -2.46. The van der Waals surface area contributed by atoms with Crippen LogP contribution in [0.25, 0.3) is 0 Å². The fraction of sp³-hybridized carbons (Fsp3) is 0.750. The molecule has 0 aromatic carbocycles. The van der Waals surface area contributed by atoms with E-state index in [9.17, 15) is 9.59 Å². The average Bonchev–Trinajstić information content (AvgIpc) is 2.40. The van der Waals surface area contributed by atoms with Crippen LogP contribution >= 0.6 is 0 Å². The lowest BCUT2D eigenvalue weighted by molar-refractivity contribution is 0.0609. The summed E-state index contributed by atoms with van der Waals surface area (Å²) in [6.07, 6.45) is 1.57. The summed E-state index contributed by atoms with van der Waals surface area (Å²) in [6, 6.07) is 0. The maximum absolute atomic E-state index is 12.3. The van der Waals surface area contributed by atoms with Gasteiger partial charge in [-0.05, 0) is 24.1 Å². The first-order valence-corrected chi connectivity index (χ1v) is 10.9. The number of aromatic nitrogens is 2. The Labute approximate surface area is 139 Å². The topological polar surface area (TPSA) is 62.5 Å². The summed E-state index contributed by atoms with van der Waals surface area (Å²) in [4.78, 5) is 29.8. The second-order valence-corrected chi connectivity index (χ2v) is 12.5. The molecule has 1 aromatic heterocycles. The average molecular weight is 343 g/mol. The molecule has 1 heterocycles. The summed E-state index contributed by atoms with van der Waals surface area (Å²) in [7, 11) is -0.250. The van der Waals surface area contributed by atoms with E-state index < -0.39 is 19.6 Å². The van der Waals surface area contributed by atoms with Crippen molar-refractivity contribution in [1.29, 1.82) is 0 Å². The van der Waals surface area contributed by atoms with Crippen molar-refractivity contribution >= 4 is 8.32 Å². The van der Waals surface area contributed by atoms with Crippen molar-refractivity contribution in [3.05, 3.63) is 32.6 Å². The van der Waals surface area contributed by atoms with Crippen molar-refractivity contribution in [3.63, 3.8) is 0 Å². The molecule has 132 valence electrons. The van der Waals surface area contributed by atoms with Gasteiger partial charge in [0.2, 0.25) is 0 Å². The molecule has 23 heavy (non-hydrogen) atoms. The van der Waals surface area contributed by atoms with Gasteiger partial charge in [-0.3, -0.25) is 4.79 Å². The first-order chi connectivity index (χ1) is 10.4. The molecule has 0 saturated carbocycles. The van der Waals surface area contributed by atoms with Crippen LogP contribution in [0.15, 0.2) is 15.8 Å². The second-order valence-electron chi connectivity index (χ2n) is 7.67. The summed E-state index contributed by atoms with van der Waals surface area (Å²) in [5.41, 5.74) is -0.320. The summed E-state index contributed by atoms with van der Waals surface area (Å²) in [5, 5.41) is 0.109. The van der Waals surface area contributed by atoms with Crippen molar-refractivity contribution in [1.82, 2.24) is 9.30 Å². The third kappa shape index (κ3) is 4.57. The van der Waals surface area contributed by atoms with E-state index in [1.54, 1.807) is 13.2 Å². The van der Waals surface area contributed by atoms with Gasteiger partial charge in [0.25, 0.3) is 5.56 Å². The van der Waals surface area contributed by atoms with Crippen LogP contribution in [0.4, 0.5) is 0 Å². The van der Waals surface area contributed by atoms with Gasteiger partial charge in [0.1, 0.15) is 6.61 Å². The highest BCUT2D eigenvalue weighted by molar-refractivity contribution is 6.74. The predicted molar refractivity (Wildman–Crippen MR) is 94.6 cm³/mol. The molecule has 6 nitrogen and oxygen atoms in total. The molecular formula is C16H30N2O4Si. The summed E-state index contributed by atoms with van der Waals surface area (Å²) < 4.78 is 8.20. The van der Waals surface area contributed by atoms with Crippen LogP contribution in [0, 0.1) is 0 Å². The van der Waals surface area contributed by atoms with Crippen LogP contribution in [0.5, 0.6) is 0 Å². The highest BCUT2D eigenvalue weighted by Gasteiger charge is 2.36. The Hall–Kier alpha value is -1.34. The molecule has 0 aliphatic rings. The molecule has 1 rings (SSSR count). The normalized spacial score (nSPS) is 12.7. The number of aryl methyl sites for hydroxylation is 1. The molecule has 0 N–H and O–H groups in total. The molecule has 0 aliphatic heterocycles. The molecule has 0 radical (unpaired) electrons. The first-order valence-electron chi connectivity index (χ1n) is 7.98. The van der Waals surface area contributed by atoms with Gasteiger partial charge in [0.05, 0.1) is 6.61 Å². The van der Waals surface area contributed by atoms with E-state index in [4.69, 9.17) is 9.26 Å². The van der Waals surface area contributed by atoms with Gasteiger partial charge in [0.15, 0.2) is 8.32 Å². The SMILES string of the molecule is CC(C)c1cn(C)c(=O)n(OCCO[Si](C)(C)C(C)(C)C)c1=O. The quantitative estimate of drug-likeness (QED) is 0.587. The molecule has 0 atom stereocenters. The van der Waals surface area contributed by atoms with Crippen LogP contribution in [0.2, 0.25) is 18.1 Å². The van der Waals surface area contributed by atoms with Crippen molar-refractivity contribution in [2.24, 2.45) is 7.05 Å². The smallest absolute Gasteiger partial charge is 0.364 e. The van der Waals surface area contributed by atoms with Gasteiger partial charge in [-0.1, -0.05) is 39.3 Å². The minimum absolute atomic E-state index is 0.0210. The number of rotatable bonds is 6. The van der Waals surface area contributed by atoms with E-state index in [0.717, 1.165) is 4.73 Å². The van der Waals surface area contributed by atoms with Gasteiger partial charge in [-0.25, -0.2) is 4.79 Å². The number of hydrogen-bond donors (Lipinski definition) is 0. The van der Waals surface area contributed by atoms with Crippen molar-refractivity contribution in [2.45, 2.75) is 58.7 Å². The zero-order valence-electron chi connectivity index (χ0n) is 15.6. The molecule has 0 aliphatic carbocycles. The van der Waals surface area contributed by atoms with E-state index in [0.29, 0.717) is 12.2 Å². The van der Waals surface area contributed by atoms with E-state index >= 15 is 0 Å². The van der Waals surface area contributed by atoms with Gasteiger partial charge in [-0.15, -0.1) is 0 Å². The number of hydrogen-bond acceptors (Lipinski definition) is 4. The van der Waals surface area contributed by atoms with Crippen molar-refractivity contribution in [2.75, 3.05) is 13.2 Å². The van der Waals surface area contributed by atoms with Gasteiger partial charge >= 0.3 is 5.69 Å². The Morgan fingerprint density at radius 3 is 2.22 bits per heavy atom. The highest BCUT2D eigenvalue weighted by Crippen LogP contribution is 2.36. The van der Waals surface area contributed by atoms with E-state index in [2.05, 4.69) is 33.9 Å². The standard InChI is InChI=1S/C16H30N2O4Si/c1-12(2)13-11-17(6)15(20)18(14(13)19)21-9-10-22-23(7,8)16(3,4)5/h11-12H,9-10H2,1-8H3. The van der Waals surface area contributed by atoms with Crippen LogP contribution in [0.1, 0.15) is 46.1 Å². The lowest BCUT2D eigenvalue weighted by Gasteiger charge is -2.36.